The van der Waals surface area contributed by atoms with Gasteiger partial charge in [-0.3, -0.25) is 9.59 Å². The fraction of sp³-hybridized carbons (Fsp3) is 0.600. The molecule has 0 spiro atoms. The number of likely N-dealkylation sites (N-methyl/N-ethyl adjacent to an activating group) is 2. The molecule has 0 radical (unpaired) electrons. The average molecular weight is 426 g/mol. The van der Waals surface area contributed by atoms with E-state index in [9.17, 15) is 18.0 Å². The number of nitrogens with zero attached hydrogens (tertiary/aromatic N) is 2. The Morgan fingerprint density at radius 2 is 1.66 bits per heavy atom. The fourth-order valence-electron chi connectivity index (χ4n) is 3.62. The highest BCUT2D eigenvalue weighted by Crippen LogP contribution is 2.27. The molecular weight excluding hydrogens is 392 g/mol. The van der Waals surface area contributed by atoms with Crippen molar-refractivity contribution in [3.63, 3.8) is 0 Å². The molecular formula is C20H33N4O4S+. The van der Waals surface area contributed by atoms with Crippen LogP contribution in [0.25, 0.3) is 0 Å². The van der Waals surface area contributed by atoms with Crippen molar-refractivity contribution in [1.29, 1.82) is 0 Å². The molecule has 1 saturated heterocycles. The van der Waals surface area contributed by atoms with E-state index in [1.807, 2.05) is 0 Å². The van der Waals surface area contributed by atoms with Crippen LogP contribution >= 0.6 is 0 Å². The number of carbonyl (C=O) groups is 2. The zero-order chi connectivity index (χ0) is 21.8. The minimum absolute atomic E-state index is 0.0498. The Bertz CT molecular complexity index is 813. The summed E-state index contributed by atoms with van der Waals surface area (Å²) >= 11 is 0. The molecule has 2 N–H and O–H groups in total. The summed E-state index contributed by atoms with van der Waals surface area (Å²) in [6.45, 7) is 5.58. The van der Waals surface area contributed by atoms with Gasteiger partial charge in [-0.15, -0.1) is 0 Å². The number of sulfonamides is 1. The molecule has 0 bridgehead atoms. The van der Waals surface area contributed by atoms with Crippen LogP contribution in [0.4, 0.5) is 5.69 Å². The van der Waals surface area contributed by atoms with E-state index >= 15 is 0 Å². The molecule has 1 fully saturated rings. The van der Waals surface area contributed by atoms with Crippen LogP contribution in [0, 0.1) is 11.8 Å². The van der Waals surface area contributed by atoms with E-state index in [2.05, 4.69) is 19.2 Å². The van der Waals surface area contributed by atoms with Crippen LogP contribution in [-0.4, -0.2) is 76.8 Å². The van der Waals surface area contributed by atoms with Crippen molar-refractivity contribution in [2.45, 2.75) is 25.2 Å². The Morgan fingerprint density at radius 1 is 1.10 bits per heavy atom. The van der Waals surface area contributed by atoms with Crippen LogP contribution in [0.2, 0.25) is 0 Å². The van der Waals surface area contributed by atoms with Gasteiger partial charge in [-0.25, -0.2) is 8.42 Å². The molecule has 2 amide bonds. The molecule has 0 aliphatic carbocycles. The Kier molecular flexibility index (Phi) is 7.79. The van der Waals surface area contributed by atoms with Gasteiger partial charge < -0.3 is 15.1 Å². The molecule has 1 aliphatic heterocycles. The zero-order valence-electron chi connectivity index (χ0n) is 17.9. The Hall–Kier alpha value is -1.97. The summed E-state index contributed by atoms with van der Waals surface area (Å²) in [7, 11) is 1.59. The van der Waals surface area contributed by atoms with Crippen LogP contribution in [0.5, 0.6) is 0 Å². The number of amides is 2. The van der Waals surface area contributed by atoms with Crippen LogP contribution < -0.4 is 10.2 Å². The lowest BCUT2D eigenvalue weighted by Crippen LogP contribution is -3.11. The van der Waals surface area contributed by atoms with Crippen molar-refractivity contribution in [2.24, 2.45) is 11.8 Å². The van der Waals surface area contributed by atoms with Crippen LogP contribution in [0.1, 0.15) is 20.3 Å². The molecule has 2 rings (SSSR count). The molecule has 3 atom stereocenters. The predicted octanol–water partition coefficient (Wildman–Crippen LogP) is -0.105. The van der Waals surface area contributed by atoms with E-state index in [1.54, 1.807) is 37.6 Å². The zero-order valence-corrected chi connectivity index (χ0v) is 18.8. The van der Waals surface area contributed by atoms with E-state index < -0.39 is 10.0 Å². The molecule has 1 aromatic rings. The molecule has 9 heteroatoms. The minimum atomic E-state index is -3.54. The highest BCUT2D eigenvalue weighted by Gasteiger charge is 2.31. The van der Waals surface area contributed by atoms with Crippen LogP contribution in [0.15, 0.2) is 29.2 Å². The third-order valence-electron chi connectivity index (χ3n) is 5.03. The summed E-state index contributed by atoms with van der Waals surface area (Å²) in [5.74, 6) is 0.395. The van der Waals surface area contributed by atoms with Crippen molar-refractivity contribution >= 4 is 27.5 Å². The molecule has 1 aromatic carbocycles. The number of benzene rings is 1. The number of quaternary nitrogens is 1. The monoisotopic (exact) mass is 425 g/mol. The minimum Gasteiger partial charge on any atom is -0.344 e. The van der Waals surface area contributed by atoms with Crippen molar-refractivity contribution in [3.05, 3.63) is 24.3 Å². The summed E-state index contributed by atoms with van der Waals surface area (Å²) < 4.78 is 27.4. The van der Waals surface area contributed by atoms with Gasteiger partial charge in [0.05, 0.1) is 11.9 Å². The van der Waals surface area contributed by atoms with Gasteiger partial charge >= 0.3 is 0 Å². The molecule has 8 nitrogen and oxygen atoms in total. The topological polar surface area (TPSA) is 91.2 Å². The highest BCUT2D eigenvalue weighted by atomic mass is 32.2. The molecule has 1 unspecified atom stereocenters. The van der Waals surface area contributed by atoms with Crippen molar-refractivity contribution in [1.82, 2.24) is 9.21 Å². The average Bonchev–Trinajstić information content (AvgIpc) is 2.60. The summed E-state index contributed by atoms with van der Waals surface area (Å²) in [5, 5.41) is 2.75. The van der Waals surface area contributed by atoms with Gasteiger partial charge in [0.25, 0.3) is 11.8 Å². The maximum atomic E-state index is 12.9. The van der Waals surface area contributed by atoms with Gasteiger partial charge in [-0.05, 0) is 42.5 Å². The first-order chi connectivity index (χ1) is 13.5. The summed E-state index contributed by atoms with van der Waals surface area (Å²) in [6, 6.07) is 6.26. The van der Waals surface area contributed by atoms with Crippen molar-refractivity contribution in [3.8, 4) is 0 Å². The number of hydrogen-bond acceptors (Lipinski definition) is 4. The van der Waals surface area contributed by atoms with Gasteiger partial charge in [0.1, 0.15) is 0 Å². The molecule has 0 aromatic heterocycles. The molecule has 1 aliphatic rings. The number of piperidine rings is 1. The SMILES string of the molecule is C[C@H]1C[C@H](C)CN(S(=O)(=O)c2ccc(NC(=O)C[NH+](C)CC(=O)N(C)C)cc2)C1. The molecule has 0 saturated carbocycles. The third kappa shape index (κ3) is 6.52. The summed E-state index contributed by atoms with van der Waals surface area (Å²) in [6.07, 6.45) is 1.04. The number of rotatable bonds is 7. The normalized spacial score (nSPS) is 21.4. The van der Waals surface area contributed by atoms with E-state index in [1.165, 1.54) is 17.0 Å². The largest absolute Gasteiger partial charge is 0.344 e. The lowest BCUT2D eigenvalue weighted by atomic mass is 9.94. The smallest absolute Gasteiger partial charge is 0.279 e. The second-order valence-electron chi connectivity index (χ2n) is 8.44. The Balaban J connectivity index is 1.97. The number of carbonyl (C=O) groups excluding carboxylic acids is 2. The second-order valence-corrected chi connectivity index (χ2v) is 10.4. The van der Waals surface area contributed by atoms with Crippen LogP contribution in [-0.2, 0) is 19.6 Å². The van der Waals surface area contributed by atoms with E-state index in [0.29, 0.717) is 30.6 Å². The first-order valence-corrected chi connectivity index (χ1v) is 11.3. The lowest BCUT2D eigenvalue weighted by Gasteiger charge is -2.34. The highest BCUT2D eigenvalue weighted by molar-refractivity contribution is 7.89. The molecule has 29 heavy (non-hydrogen) atoms. The number of nitrogens with one attached hydrogen (secondary N) is 2. The van der Waals surface area contributed by atoms with Gasteiger partial charge in [-0.2, -0.15) is 4.31 Å². The second kappa shape index (κ2) is 9.69. The third-order valence-corrected chi connectivity index (χ3v) is 6.87. The van der Waals surface area contributed by atoms with Gasteiger partial charge in [0.15, 0.2) is 13.1 Å². The first kappa shape index (κ1) is 23.3. The van der Waals surface area contributed by atoms with Gasteiger partial charge in [0, 0.05) is 32.9 Å². The first-order valence-electron chi connectivity index (χ1n) is 9.90. The number of hydrogen-bond donors (Lipinski definition) is 2. The Morgan fingerprint density at radius 3 is 2.17 bits per heavy atom. The van der Waals surface area contributed by atoms with Crippen molar-refractivity contribution in [2.75, 3.05) is 52.6 Å². The summed E-state index contributed by atoms with van der Waals surface area (Å²) in [5.41, 5.74) is 0.529. The standard InChI is InChI=1S/C20H32N4O4S/c1-15-10-16(2)12-24(11-15)29(27,28)18-8-6-17(7-9-18)21-19(25)13-23(5)14-20(26)22(3)4/h6-9,15-16H,10-14H2,1-5H3,(H,21,25)/p+1/t15-,16-/m0/s1. The van der Waals surface area contributed by atoms with E-state index in [4.69, 9.17) is 0 Å². The maximum Gasteiger partial charge on any atom is 0.279 e. The van der Waals surface area contributed by atoms with E-state index in [-0.39, 0.29) is 29.8 Å². The molecule has 1 heterocycles. The number of anilines is 1. The van der Waals surface area contributed by atoms with Crippen molar-refractivity contribution < 1.29 is 22.9 Å². The Labute approximate surface area is 173 Å². The van der Waals surface area contributed by atoms with Gasteiger partial charge in [0.2, 0.25) is 10.0 Å². The lowest BCUT2D eigenvalue weighted by molar-refractivity contribution is -0.862. The summed E-state index contributed by atoms with van der Waals surface area (Å²) in [4.78, 5) is 26.4. The van der Waals surface area contributed by atoms with Crippen LogP contribution in [0.3, 0.4) is 0 Å². The predicted molar refractivity (Wildman–Crippen MR) is 112 cm³/mol. The quantitative estimate of drug-likeness (QED) is 0.638. The van der Waals surface area contributed by atoms with Gasteiger partial charge in [-0.1, -0.05) is 13.8 Å². The van der Waals surface area contributed by atoms with E-state index in [0.717, 1.165) is 11.3 Å². The molecule has 162 valence electrons. The fourth-order valence-corrected chi connectivity index (χ4v) is 5.30. The maximum absolute atomic E-state index is 12.9.